The zero-order valence-corrected chi connectivity index (χ0v) is 10.4. The Morgan fingerprint density at radius 2 is 1.84 bits per heavy atom. The Bertz CT molecular complexity index is 345. The SMILES string of the molecule is C=C/C=C(\CC)C(=O)OCCCC(F)(F)C(F)(F)F. The van der Waals surface area contributed by atoms with Crippen LogP contribution in [-0.2, 0) is 9.53 Å². The van der Waals surface area contributed by atoms with E-state index in [9.17, 15) is 26.7 Å². The summed E-state index contributed by atoms with van der Waals surface area (Å²) in [4.78, 5) is 11.3. The van der Waals surface area contributed by atoms with Gasteiger partial charge in [0.25, 0.3) is 0 Å². The van der Waals surface area contributed by atoms with Crippen molar-refractivity contribution in [1.82, 2.24) is 0 Å². The summed E-state index contributed by atoms with van der Waals surface area (Å²) in [5.41, 5.74) is 0.276. The lowest BCUT2D eigenvalue weighted by Gasteiger charge is -2.19. The van der Waals surface area contributed by atoms with Gasteiger partial charge >= 0.3 is 18.1 Å². The fourth-order valence-electron chi connectivity index (χ4n) is 1.17. The van der Waals surface area contributed by atoms with Gasteiger partial charge in [0.1, 0.15) is 0 Å². The largest absolute Gasteiger partial charge is 0.462 e. The number of carbonyl (C=O) groups is 1. The van der Waals surface area contributed by atoms with Crippen LogP contribution < -0.4 is 0 Å². The van der Waals surface area contributed by atoms with Crippen molar-refractivity contribution in [1.29, 1.82) is 0 Å². The van der Waals surface area contributed by atoms with Crippen molar-refractivity contribution in [2.45, 2.75) is 38.3 Å². The molecule has 0 rings (SSSR count). The number of carbonyl (C=O) groups excluding carboxylic acids is 1. The van der Waals surface area contributed by atoms with Crippen molar-refractivity contribution in [3.8, 4) is 0 Å². The van der Waals surface area contributed by atoms with Gasteiger partial charge in [-0.1, -0.05) is 25.7 Å². The molecule has 0 aliphatic heterocycles. The second-order valence-electron chi connectivity index (χ2n) is 3.72. The van der Waals surface area contributed by atoms with Crippen molar-refractivity contribution < 1.29 is 31.5 Å². The maximum absolute atomic E-state index is 12.5. The second kappa shape index (κ2) is 7.25. The predicted octanol–water partition coefficient (Wildman–Crippen LogP) is 4.03. The van der Waals surface area contributed by atoms with Crippen molar-refractivity contribution in [2.24, 2.45) is 0 Å². The molecule has 0 N–H and O–H groups in total. The van der Waals surface area contributed by atoms with Gasteiger partial charge in [-0.25, -0.2) is 4.79 Å². The number of ether oxygens (including phenoxy) is 1. The number of hydrogen-bond donors (Lipinski definition) is 0. The van der Waals surface area contributed by atoms with Crippen LogP contribution in [0.3, 0.4) is 0 Å². The Morgan fingerprint density at radius 3 is 2.26 bits per heavy atom. The van der Waals surface area contributed by atoms with Gasteiger partial charge < -0.3 is 4.74 Å². The van der Waals surface area contributed by atoms with Gasteiger partial charge in [0.05, 0.1) is 6.61 Å². The van der Waals surface area contributed by atoms with E-state index < -0.39 is 37.5 Å². The van der Waals surface area contributed by atoms with Gasteiger partial charge in [0.15, 0.2) is 0 Å². The topological polar surface area (TPSA) is 26.3 Å². The number of alkyl halides is 5. The molecule has 7 heteroatoms. The molecule has 0 radical (unpaired) electrons. The number of halogens is 5. The van der Waals surface area contributed by atoms with E-state index in [4.69, 9.17) is 0 Å². The average molecular weight is 286 g/mol. The van der Waals surface area contributed by atoms with Crippen molar-refractivity contribution in [2.75, 3.05) is 6.61 Å². The fourth-order valence-corrected chi connectivity index (χ4v) is 1.17. The van der Waals surface area contributed by atoms with E-state index in [1.165, 1.54) is 12.2 Å². The molecule has 0 saturated carbocycles. The predicted molar refractivity (Wildman–Crippen MR) is 59.8 cm³/mol. The van der Waals surface area contributed by atoms with E-state index in [-0.39, 0.29) is 5.57 Å². The quantitative estimate of drug-likeness (QED) is 0.232. The molecule has 0 bridgehead atoms. The average Bonchev–Trinajstić information content (AvgIpc) is 2.29. The molecule has 0 saturated heterocycles. The summed E-state index contributed by atoms with van der Waals surface area (Å²) >= 11 is 0. The van der Waals surface area contributed by atoms with E-state index in [0.717, 1.165) is 0 Å². The number of rotatable bonds is 7. The third-order valence-electron chi connectivity index (χ3n) is 2.25. The van der Waals surface area contributed by atoms with Crippen LogP contribution in [0, 0.1) is 0 Å². The van der Waals surface area contributed by atoms with E-state index in [2.05, 4.69) is 11.3 Å². The van der Waals surface area contributed by atoms with Crippen LogP contribution in [0.15, 0.2) is 24.3 Å². The zero-order chi connectivity index (χ0) is 15.1. The van der Waals surface area contributed by atoms with E-state index >= 15 is 0 Å². The minimum absolute atomic E-state index is 0.276. The van der Waals surface area contributed by atoms with Crippen LogP contribution >= 0.6 is 0 Å². The molecule has 0 aliphatic rings. The summed E-state index contributed by atoms with van der Waals surface area (Å²) in [5, 5.41) is 0. The van der Waals surface area contributed by atoms with Crippen LogP contribution in [-0.4, -0.2) is 24.7 Å². The highest BCUT2D eigenvalue weighted by Crippen LogP contribution is 2.38. The summed E-state index contributed by atoms with van der Waals surface area (Å²) in [6.07, 6.45) is -4.44. The Labute approximate surface area is 107 Å². The molecule has 19 heavy (non-hydrogen) atoms. The van der Waals surface area contributed by atoms with Gasteiger partial charge in [0.2, 0.25) is 0 Å². The molecule has 0 spiro atoms. The number of hydrogen-bond acceptors (Lipinski definition) is 2. The van der Waals surface area contributed by atoms with Crippen LogP contribution in [0.25, 0.3) is 0 Å². The molecule has 0 fully saturated rings. The summed E-state index contributed by atoms with van der Waals surface area (Å²) in [6, 6.07) is 0. The first-order valence-electron chi connectivity index (χ1n) is 5.59. The summed E-state index contributed by atoms with van der Waals surface area (Å²) in [7, 11) is 0. The summed E-state index contributed by atoms with van der Waals surface area (Å²) in [6.45, 7) is 4.57. The lowest BCUT2D eigenvalue weighted by molar-refractivity contribution is -0.284. The van der Waals surface area contributed by atoms with E-state index in [1.54, 1.807) is 6.92 Å². The van der Waals surface area contributed by atoms with Gasteiger partial charge in [-0.2, -0.15) is 22.0 Å². The third-order valence-corrected chi connectivity index (χ3v) is 2.25. The molecular formula is C12H15F5O2. The Morgan fingerprint density at radius 1 is 1.26 bits per heavy atom. The molecule has 0 unspecified atom stereocenters. The Kier molecular flexibility index (Phi) is 6.72. The molecule has 0 aromatic heterocycles. The molecule has 0 aliphatic carbocycles. The van der Waals surface area contributed by atoms with Gasteiger partial charge in [-0.15, -0.1) is 0 Å². The first-order valence-corrected chi connectivity index (χ1v) is 5.59. The van der Waals surface area contributed by atoms with Gasteiger partial charge in [-0.3, -0.25) is 0 Å². The van der Waals surface area contributed by atoms with Crippen molar-refractivity contribution in [3.05, 3.63) is 24.3 Å². The molecule has 0 heterocycles. The van der Waals surface area contributed by atoms with Gasteiger partial charge in [0, 0.05) is 12.0 Å². The van der Waals surface area contributed by atoms with Crippen LogP contribution in [0.5, 0.6) is 0 Å². The molecule has 2 nitrogen and oxygen atoms in total. The molecule has 0 amide bonds. The maximum atomic E-state index is 12.5. The maximum Gasteiger partial charge on any atom is 0.453 e. The minimum Gasteiger partial charge on any atom is -0.462 e. The molecule has 0 aromatic rings. The molecular weight excluding hydrogens is 271 g/mol. The third kappa shape index (κ3) is 5.85. The van der Waals surface area contributed by atoms with Crippen molar-refractivity contribution in [3.63, 3.8) is 0 Å². The summed E-state index contributed by atoms with van der Waals surface area (Å²) in [5.74, 6) is -5.50. The highest BCUT2D eigenvalue weighted by atomic mass is 19.4. The first kappa shape index (κ1) is 17.6. The smallest absolute Gasteiger partial charge is 0.453 e. The lowest BCUT2D eigenvalue weighted by atomic mass is 10.2. The van der Waals surface area contributed by atoms with Crippen molar-refractivity contribution >= 4 is 5.97 Å². The molecule has 0 atom stereocenters. The van der Waals surface area contributed by atoms with Crippen LogP contribution in [0.2, 0.25) is 0 Å². The van der Waals surface area contributed by atoms with E-state index in [0.29, 0.717) is 6.42 Å². The highest BCUT2D eigenvalue weighted by Gasteiger charge is 2.56. The summed E-state index contributed by atoms with van der Waals surface area (Å²) < 4.78 is 65.1. The number of esters is 1. The fraction of sp³-hybridized carbons (Fsp3) is 0.583. The van der Waals surface area contributed by atoms with Crippen LogP contribution in [0.1, 0.15) is 26.2 Å². The second-order valence-corrected chi connectivity index (χ2v) is 3.72. The zero-order valence-electron chi connectivity index (χ0n) is 10.4. The van der Waals surface area contributed by atoms with Gasteiger partial charge in [-0.05, 0) is 12.8 Å². The Balaban J connectivity index is 4.16. The monoisotopic (exact) mass is 286 g/mol. The minimum atomic E-state index is -5.58. The normalized spacial score (nSPS) is 13.3. The Hall–Kier alpha value is -1.40. The molecule has 0 aromatic carbocycles. The van der Waals surface area contributed by atoms with Crippen LogP contribution in [0.4, 0.5) is 22.0 Å². The van der Waals surface area contributed by atoms with E-state index in [1.807, 2.05) is 0 Å². The number of allylic oxidation sites excluding steroid dienone is 2. The highest BCUT2D eigenvalue weighted by molar-refractivity contribution is 5.88. The molecule has 110 valence electrons. The lowest BCUT2D eigenvalue weighted by Crippen LogP contribution is -2.36. The first-order chi connectivity index (χ1) is 8.65. The standard InChI is InChI=1S/C12H15F5O2/c1-3-6-9(4-2)10(18)19-8-5-7-11(13,14)12(15,16)17/h3,6H,1,4-5,7-8H2,2H3/b9-6+.